The van der Waals surface area contributed by atoms with Gasteiger partial charge < -0.3 is 5.32 Å². The van der Waals surface area contributed by atoms with Crippen molar-refractivity contribution in [2.24, 2.45) is 0 Å². The van der Waals surface area contributed by atoms with Crippen molar-refractivity contribution in [3.63, 3.8) is 0 Å². The highest BCUT2D eigenvalue weighted by atomic mass is 35.5. The van der Waals surface area contributed by atoms with Crippen LogP contribution in [0.25, 0.3) is 6.08 Å². The quantitative estimate of drug-likeness (QED) is 0.680. The van der Waals surface area contributed by atoms with Crippen molar-refractivity contribution in [1.29, 1.82) is 0 Å². The predicted molar refractivity (Wildman–Crippen MR) is 109 cm³/mol. The molecule has 1 heterocycles. The van der Waals surface area contributed by atoms with Gasteiger partial charge in [0.15, 0.2) is 9.84 Å². The second-order valence-corrected chi connectivity index (χ2v) is 9.07. The molecule has 0 aliphatic rings. The van der Waals surface area contributed by atoms with Crippen LogP contribution in [-0.2, 0) is 21.2 Å². The molecule has 1 aromatic heterocycles. The number of nitrogens with one attached hydrogen (secondary N) is 1. The average Bonchev–Trinajstić information content (AvgIpc) is 2.88. The molecule has 0 bridgehead atoms. The molecule has 0 aliphatic carbocycles. The Labute approximate surface area is 165 Å². The number of benzene rings is 1. The van der Waals surface area contributed by atoms with Gasteiger partial charge in [0.05, 0.1) is 18.0 Å². The van der Waals surface area contributed by atoms with Crippen molar-refractivity contribution < 1.29 is 13.2 Å². The Bertz CT molecular complexity index is 949. The third-order valence-electron chi connectivity index (χ3n) is 4.27. The third-order valence-corrected chi connectivity index (χ3v) is 6.34. The summed E-state index contributed by atoms with van der Waals surface area (Å²) in [4.78, 5) is 11.9. The maximum atomic E-state index is 11.9. The lowest BCUT2D eigenvalue weighted by Crippen LogP contribution is -2.28. The molecule has 0 atom stereocenters. The van der Waals surface area contributed by atoms with Crippen molar-refractivity contribution in [3.8, 4) is 0 Å². The van der Waals surface area contributed by atoms with E-state index >= 15 is 0 Å². The van der Waals surface area contributed by atoms with Gasteiger partial charge in [-0.3, -0.25) is 9.48 Å². The summed E-state index contributed by atoms with van der Waals surface area (Å²) in [6.07, 6.45) is 3.10. The van der Waals surface area contributed by atoms with E-state index in [4.69, 9.17) is 11.6 Å². The monoisotopic (exact) mass is 409 g/mol. The van der Waals surface area contributed by atoms with E-state index in [0.29, 0.717) is 11.6 Å². The fourth-order valence-corrected chi connectivity index (χ4v) is 3.48. The van der Waals surface area contributed by atoms with Crippen molar-refractivity contribution in [3.05, 3.63) is 57.9 Å². The molecule has 0 radical (unpaired) electrons. The van der Waals surface area contributed by atoms with Crippen LogP contribution in [0.15, 0.2) is 30.3 Å². The van der Waals surface area contributed by atoms with E-state index in [1.807, 2.05) is 42.8 Å². The SMILES string of the molecule is CCS(=O)(=O)CCNC(=O)/C=C/c1c(C)nn(Cc2ccccc2Cl)c1C. The molecule has 0 aliphatic heterocycles. The lowest BCUT2D eigenvalue weighted by Gasteiger charge is -2.06. The van der Waals surface area contributed by atoms with Gasteiger partial charge in [0, 0.05) is 34.7 Å². The number of halogens is 1. The molecule has 0 fully saturated rings. The molecule has 1 amide bonds. The molecule has 146 valence electrons. The molecule has 8 heteroatoms. The topological polar surface area (TPSA) is 81.1 Å². The highest BCUT2D eigenvalue weighted by Gasteiger charge is 2.11. The first-order valence-corrected chi connectivity index (χ1v) is 10.9. The Kier molecular flexibility index (Phi) is 7.21. The normalized spacial score (nSPS) is 11.9. The second-order valence-electron chi connectivity index (χ2n) is 6.19. The van der Waals surface area contributed by atoms with Crippen LogP contribution >= 0.6 is 11.6 Å². The zero-order chi connectivity index (χ0) is 20.0. The molecule has 1 N–H and O–H groups in total. The van der Waals surface area contributed by atoms with Gasteiger partial charge in [0.2, 0.25) is 5.91 Å². The standard InChI is InChI=1S/C19H24ClN3O3S/c1-4-27(25,26)12-11-21-19(24)10-9-17-14(2)22-23(15(17)3)13-16-7-5-6-8-18(16)20/h5-10H,4,11-13H2,1-3H3,(H,21,24)/b10-9+. The van der Waals surface area contributed by atoms with Crippen molar-refractivity contribution in [2.75, 3.05) is 18.1 Å². The highest BCUT2D eigenvalue weighted by Crippen LogP contribution is 2.20. The Hall–Kier alpha value is -2.12. The zero-order valence-electron chi connectivity index (χ0n) is 15.7. The molecule has 0 saturated carbocycles. The van der Waals surface area contributed by atoms with Crippen LogP contribution in [0.2, 0.25) is 5.02 Å². The summed E-state index contributed by atoms with van der Waals surface area (Å²) in [6.45, 7) is 6.04. The van der Waals surface area contributed by atoms with E-state index in [2.05, 4.69) is 10.4 Å². The maximum absolute atomic E-state index is 11.9. The van der Waals surface area contributed by atoms with Gasteiger partial charge in [-0.15, -0.1) is 0 Å². The summed E-state index contributed by atoms with van der Waals surface area (Å²) in [6, 6.07) is 7.60. The van der Waals surface area contributed by atoms with E-state index in [1.165, 1.54) is 6.08 Å². The Morgan fingerprint density at radius 2 is 2.00 bits per heavy atom. The smallest absolute Gasteiger partial charge is 0.244 e. The number of aryl methyl sites for hydroxylation is 1. The van der Waals surface area contributed by atoms with Crippen LogP contribution in [0.1, 0.15) is 29.4 Å². The summed E-state index contributed by atoms with van der Waals surface area (Å²) < 4.78 is 24.7. The van der Waals surface area contributed by atoms with Crippen LogP contribution in [0.5, 0.6) is 0 Å². The van der Waals surface area contributed by atoms with E-state index in [0.717, 1.165) is 22.5 Å². The minimum atomic E-state index is -3.09. The largest absolute Gasteiger partial charge is 0.352 e. The van der Waals surface area contributed by atoms with Crippen molar-refractivity contribution >= 4 is 33.4 Å². The van der Waals surface area contributed by atoms with Gasteiger partial charge in [-0.05, 0) is 31.6 Å². The molecule has 2 aromatic rings. The number of amides is 1. The van der Waals surface area contributed by atoms with Gasteiger partial charge in [-0.25, -0.2) is 8.42 Å². The van der Waals surface area contributed by atoms with Gasteiger partial charge in [-0.2, -0.15) is 5.10 Å². The number of rotatable bonds is 8. The molecular weight excluding hydrogens is 386 g/mol. The third kappa shape index (κ3) is 5.94. The van der Waals surface area contributed by atoms with Crippen LogP contribution in [0.3, 0.4) is 0 Å². The first-order valence-electron chi connectivity index (χ1n) is 8.67. The molecule has 6 nitrogen and oxygen atoms in total. The lowest BCUT2D eigenvalue weighted by molar-refractivity contribution is -0.116. The number of hydrogen-bond acceptors (Lipinski definition) is 4. The van der Waals surface area contributed by atoms with Gasteiger partial charge in [-0.1, -0.05) is 36.7 Å². The predicted octanol–water partition coefficient (Wildman–Crippen LogP) is 2.77. The van der Waals surface area contributed by atoms with Crippen LogP contribution in [0.4, 0.5) is 0 Å². The van der Waals surface area contributed by atoms with Crippen LogP contribution in [0, 0.1) is 13.8 Å². The number of carbonyl (C=O) groups excluding carboxylic acids is 1. The minimum absolute atomic E-state index is 0.0586. The van der Waals surface area contributed by atoms with E-state index in [-0.39, 0.29) is 24.0 Å². The maximum Gasteiger partial charge on any atom is 0.244 e. The minimum Gasteiger partial charge on any atom is -0.352 e. The number of hydrogen-bond donors (Lipinski definition) is 1. The average molecular weight is 410 g/mol. The fourth-order valence-electron chi connectivity index (χ4n) is 2.59. The zero-order valence-corrected chi connectivity index (χ0v) is 17.3. The first-order chi connectivity index (χ1) is 12.7. The number of carbonyl (C=O) groups is 1. The van der Waals surface area contributed by atoms with E-state index in [1.54, 1.807) is 13.0 Å². The van der Waals surface area contributed by atoms with Gasteiger partial charge in [0.1, 0.15) is 0 Å². The lowest BCUT2D eigenvalue weighted by atomic mass is 10.1. The van der Waals surface area contributed by atoms with Gasteiger partial charge >= 0.3 is 0 Å². The molecule has 27 heavy (non-hydrogen) atoms. The molecular formula is C19H24ClN3O3S. The molecule has 1 aromatic carbocycles. The molecule has 0 saturated heterocycles. The van der Waals surface area contributed by atoms with Crippen LogP contribution < -0.4 is 5.32 Å². The summed E-state index contributed by atoms with van der Waals surface area (Å²) >= 11 is 6.22. The highest BCUT2D eigenvalue weighted by molar-refractivity contribution is 7.91. The van der Waals surface area contributed by atoms with Crippen molar-refractivity contribution in [2.45, 2.75) is 27.3 Å². The van der Waals surface area contributed by atoms with E-state index in [9.17, 15) is 13.2 Å². The summed E-state index contributed by atoms with van der Waals surface area (Å²) in [5.74, 6) is -0.322. The summed E-state index contributed by atoms with van der Waals surface area (Å²) in [7, 11) is -3.09. The number of aromatic nitrogens is 2. The molecule has 0 unspecified atom stereocenters. The van der Waals surface area contributed by atoms with Crippen LogP contribution in [-0.4, -0.2) is 42.2 Å². The molecule has 2 rings (SSSR count). The molecule has 0 spiro atoms. The summed E-state index contributed by atoms with van der Waals surface area (Å²) in [5, 5.41) is 7.80. The van der Waals surface area contributed by atoms with Gasteiger partial charge in [0.25, 0.3) is 0 Å². The Morgan fingerprint density at radius 1 is 1.30 bits per heavy atom. The summed E-state index contributed by atoms with van der Waals surface area (Å²) in [5.41, 5.74) is 3.55. The Balaban J connectivity index is 2.04. The van der Waals surface area contributed by atoms with Crippen molar-refractivity contribution in [1.82, 2.24) is 15.1 Å². The second kappa shape index (κ2) is 9.19. The number of nitrogens with zero attached hydrogens (tertiary/aromatic N) is 2. The number of sulfone groups is 1. The Morgan fingerprint density at radius 3 is 2.67 bits per heavy atom. The van der Waals surface area contributed by atoms with E-state index < -0.39 is 9.84 Å². The fraction of sp³-hybridized carbons (Fsp3) is 0.368. The first kappa shape index (κ1) is 21.2.